The van der Waals surface area contributed by atoms with Crippen LogP contribution in [0.1, 0.15) is 101 Å². The van der Waals surface area contributed by atoms with Gasteiger partial charge in [0.25, 0.3) is 0 Å². The predicted molar refractivity (Wildman–Crippen MR) is 110 cm³/mol. The van der Waals surface area contributed by atoms with E-state index in [1.807, 2.05) is 0 Å². The SMILES string of the molecule is CC(C)c1cccc(C(C)C)c1[O][W+4][O]c1c(C(C)C)cccc1C(C)C.[Cl-].[Cl-].[Cl-].[Cl-]. The van der Waals surface area contributed by atoms with Gasteiger partial charge in [-0.1, -0.05) is 0 Å². The van der Waals surface area contributed by atoms with Gasteiger partial charge in [0.05, 0.1) is 0 Å². The summed E-state index contributed by atoms with van der Waals surface area (Å²) in [6, 6.07) is 13.0. The van der Waals surface area contributed by atoms with E-state index in [1.54, 1.807) is 0 Å². The Kier molecular flexibility index (Phi) is 18.9. The smallest absolute Gasteiger partial charge is 1.00 e. The third-order valence-electron chi connectivity index (χ3n) is 4.87. The van der Waals surface area contributed by atoms with Crippen LogP contribution in [0.25, 0.3) is 0 Å². The molecule has 2 nitrogen and oxygen atoms in total. The Bertz CT molecular complexity index is 649. The number of rotatable bonds is 8. The van der Waals surface area contributed by atoms with Gasteiger partial charge in [-0.15, -0.1) is 0 Å². The van der Waals surface area contributed by atoms with Gasteiger partial charge >= 0.3 is 175 Å². The summed E-state index contributed by atoms with van der Waals surface area (Å²) in [5, 5.41) is 0. The van der Waals surface area contributed by atoms with Gasteiger partial charge in [-0.3, -0.25) is 0 Å². The molecule has 0 unspecified atom stereocenters. The molecule has 0 N–H and O–H groups in total. The van der Waals surface area contributed by atoms with Crippen LogP contribution in [0.15, 0.2) is 36.4 Å². The first-order valence-corrected chi connectivity index (χ1v) is 12.4. The quantitative estimate of drug-likeness (QED) is 0.281. The fraction of sp³-hybridized carbons (Fsp3) is 0.500. The largest absolute Gasteiger partial charge is 1.00 e. The molecule has 2 aromatic rings. The summed E-state index contributed by atoms with van der Waals surface area (Å²) in [4.78, 5) is 0. The van der Waals surface area contributed by atoms with Crippen molar-refractivity contribution in [3.8, 4) is 11.5 Å². The van der Waals surface area contributed by atoms with E-state index >= 15 is 0 Å². The molecule has 7 heteroatoms. The molecule has 176 valence electrons. The van der Waals surface area contributed by atoms with E-state index in [0.717, 1.165) is 11.5 Å². The van der Waals surface area contributed by atoms with Gasteiger partial charge in [0.15, 0.2) is 0 Å². The fourth-order valence-corrected chi connectivity index (χ4v) is 5.24. The topological polar surface area (TPSA) is 18.5 Å². The van der Waals surface area contributed by atoms with E-state index in [1.165, 1.54) is 22.3 Å². The third-order valence-corrected chi connectivity index (χ3v) is 6.56. The van der Waals surface area contributed by atoms with Crippen LogP contribution < -0.4 is 56.4 Å². The maximum Gasteiger partial charge on any atom is -1.00 e. The van der Waals surface area contributed by atoms with Gasteiger partial charge in [-0.25, -0.2) is 0 Å². The molecule has 0 radical (unpaired) electrons. The average molecular weight is 680 g/mol. The Morgan fingerprint density at radius 3 is 0.903 bits per heavy atom. The maximum atomic E-state index is 6.41. The van der Waals surface area contributed by atoms with Gasteiger partial charge in [0.2, 0.25) is 0 Å². The molecule has 0 aromatic heterocycles. The number of hydrogen-bond acceptors (Lipinski definition) is 2. The first kappa shape index (κ1) is 35.5. The average Bonchev–Trinajstić information content (AvgIpc) is 2.61. The van der Waals surface area contributed by atoms with Crippen molar-refractivity contribution in [3.63, 3.8) is 0 Å². The van der Waals surface area contributed by atoms with Gasteiger partial charge in [0.1, 0.15) is 0 Å². The van der Waals surface area contributed by atoms with Gasteiger partial charge in [-0.2, -0.15) is 0 Å². The van der Waals surface area contributed by atoms with Gasteiger partial charge in [-0.05, 0) is 0 Å². The number of benzene rings is 2. The van der Waals surface area contributed by atoms with E-state index < -0.39 is 19.3 Å². The summed E-state index contributed by atoms with van der Waals surface area (Å²) >= 11 is -1.48. The van der Waals surface area contributed by atoms with Crippen LogP contribution in [0.4, 0.5) is 0 Å². The minimum atomic E-state index is -1.48. The Balaban J connectivity index is -0.00000196. The minimum Gasteiger partial charge on any atom is -1.00 e. The number of hydrogen-bond donors (Lipinski definition) is 0. The van der Waals surface area contributed by atoms with Crippen molar-refractivity contribution in [2.24, 2.45) is 0 Å². The molecule has 0 amide bonds. The van der Waals surface area contributed by atoms with Crippen molar-refractivity contribution in [1.82, 2.24) is 0 Å². The van der Waals surface area contributed by atoms with Gasteiger partial charge < -0.3 is 49.6 Å². The normalized spacial score (nSPS) is 9.94. The standard InChI is InChI=1S/2C12H18O.4ClH.W/c2*1-8(2)10-6-5-7-11(9(3)4)12(10)13;;;;;/h2*5-9,13H,1-4H3;4*1H;/q;;;;;;+6/p-6. The minimum absolute atomic E-state index is 0. The van der Waals surface area contributed by atoms with Crippen LogP contribution in [0.2, 0.25) is 0 Å². The molecule has 0 aliphatic heterocycles. The van der Waals surface area contributed by atoms with Crippen LogP contribution in [0.5, 0.6) is 11.5 Å². The first-order valence-electron chi connectivity index (χ1n) is 10.0. The summed E-state index contributed by atoms with van der Waals surface area (Å²) < 4.78 is 12.8. The van der Waals surface area contributed by atoms with E-state index in [2.05, 4.69) is 91.8 Å². The zero-order chi connectivity index (χ0) is 20.1. The second-order valence-electron chi connectivity index (χ2n) is 8.38. The fourth-order valence-electron chi connectivity index (χ4n) is 3.24. The predicted octanol–water partition coefficient (Wildman–Crippen LogP) is -4.43. The molecule has 0 spiro atoms. The monoisotopic (exact) mass is 678 g/mol. The summed E-state index contributed by atoms with van der Waals surface area (Å²) in [6.45, 7) is 17.8. The van der Waals surface area contributed by atoms with Crippen molar-refractivity contribution in [2.75, 3.05) is 0 Å². The van der Waals surface area contributed by atoms with Crippen LogP contribution in [0.3, 0.4) is 0 Å². The van der Waals surface area contributed by atoms with E-state index in [9.17, 15) is 0 Å². The van der Waals surface area contributed by atoms with Crippen LogP contribution >= 0.6 is 0 Å². The molecule has 0 atom stereocenters. The molecule has 0 aliphatic rings. The first-order chi connectivity index (χ1) is 12.7. The van der Waals surface area contributed by atoms with Crippen LogP contribution in [-0.2, 0) is 19.3 Å². The molecular formula is C24H34Cl4O2W. The van der Waals surface area contributed by atoms with Crippen molar-refractivity contribution >= 4 is 0 Å². The molecule has 0 fully saturated rings. The molecule has 0 saturated carbocycles. The Hall–Kier alpha value is -0.112. The molecule has 31 heavy (non-hydrogen) atoms. The zero-order valence-corrected chi connectivity index (χ0v) is 25.5. The summed E-state index contributed by atoms with van der Waals surface area (Å²) in [5.74, 6) is 3.86. The Labute approximate surface area is 223 Å². The molecule has 2 aromatic carbocycles. The summed E-state index contributed by atoms with van der Waals surface area (Å²) in [6.07, 6.45) is 0. The second kappa shape index (κ2) is 16.5. The molecular weight excluding hydrogens is 646 g/mol. The molecule has 0 heterocycles. The maximum absolute atomic E-state index is 6.41. The molecule has 0 saturated heterocycles. The van der Waals surface area contributed by atoms with Crippen molar-refractivity contribution < 1.29 is 75.7 Å². The van der Waals surface area contributed by atoms with Crippen molar-refractivity contribution in [2.45, 2.75) is 79.1 Å². The number of para-hydroxylation sites is 2. The Morgan fingerprint density at radius 2 is 0.710 bits per heavy atom. The molecule has 0 bridgehead atoms. The zero-order valence-electron chi connectivity index (χ0n) is 19.5. The summed E-state index contributed by atoms with van der Waals surface area (Å²) in [5.41, 5.74) is 5.13. The third kappa shape index (κ3) is 9.34. The van der Waals surface area contributed by atoms with Gasteiger partial charge in [0, 0.05) is 0 Å². The van der Waals surface area contributed by atoms with E-state index in [4.69, 9.17) is 6.78 Å². The summed E-state index contributed by atoms with van der Waals surface area (Å²) in [7, 11) is 0. The Morgan fingerprint density at radius 1 is 0.484 bits per heavy atom. The molecule has 0 aliphatic carbocycles. The van der Waals surface area contributed by atoms with Crippen LogP contribution in [-0.4, -0.2) is 0 Å². The van der Waals surface area contributed by atoms with Crippen molar-refractivity contribution in [1.29, 1.82) is 0 Å². The molecule has 2 rings (SSSR count). The van der Waals surface area contributed by atoms with E-state index in [-0.39, 0.29) is 49.6 Å². The number of halogens is 4. The van der Waals surface area contributed by atoms with E-state index in [0.29, 0.717) is 23.7 Å². The van der Waals surface area contributed by atoms with Crippen molar-refractivity contribution in [3.05, 3.63) is 58.7 Å². The second-order valence-corrected chi connectivity index (χ2v) is 10.1. The van der Waals surface area contributed by atoms with Crippen LogP contribution in [0, 0.1) is 0 Å².